The third kappa shape index (κ3) is 5.36. The first-order chi connectivity index (χ1) is 8.15. The van der Waals surface area contributed by atoms with Gasteiger partial charge in [0.05, 0.1) is 4.88 Å². The zero-order chi connectivity index (χ0) is 12.7. The standard InChI is InChI=1S/C14H21NOS/c1-4-15(10-12(2)3)11-14-8-7-13(17-14)6-5-9-16/h7-8,12,16H,4,9-11H2,1-3H3. The summed E-state index contributed by atoms with van der Waals surface area (Å²) in [4.78, 5) is 4.82. The molecule has 94 valence electrons. The van der Waals surface area contributed by atoms with Gasteiger partial charge in [-0.05, 0) is 24.6 Å². The van der Waals surface area contributed by atoms with Crippen LogP contribution >= 0.6 is 11.3 Å². The highest BCUT2D eigenvalue weighted by Crippen LogP contribution is 2.17. The minimum atomic E-state index is -0.0678. The number of aliphatic hydroxyl groups excluding tert-OH is 1. The quantitative estimate of drug-likeness (QED) is 0.813. The van der Waals surface area contributed by atoms with Gasteiger partial charge in [0.25, 0.3) is 0 Å². The van der Waals surface area contributed by atoms with Crippen molar-refractivity contribution < 1.29 is 5.11 Å². The molecular weight excluding hydrogens is 230 g/mol. The molecule has 0 aromatic carbocycles. The van der Waals surface area contributed by atoms with E-state index in [0.717, 1.165) is 24.5 Å². The van der Waals surface area contributed by atoms with Crippen LogP contribution in [-0.2, 0) is 6.54 Å². The van der Waals surface area contributed by atoms with Crippen LogP contribution in [0.2, 0.25) is 0 Å². The second kappa shape index (κ2) is 7.50. The highest BCUT2D eigenvalue weighted by Gasteiger charge is 2.07. The Balaban J connectivity index is 2.58. The van der Waals surface area contributed by atoms with Crippen molar-refractivity contribution in [3.63, 3.8) is 0 Å². The van der Waals surface area contributed by atoms with Gasteiger partial charge < -0.3 is 5.11 Å². The Morgan fingerprint density at radius 2 is 2.18 bits per heavy atom. The first kappa shape index (κ1) is 14.2. The predicted molar refractivity (Wildman–Crippen MR) is 74.1 cm³/mol. The lowest BCUT2D eigenvalue weighted by atomic mass is 10.2. The average molecular weight is 251 g/mol. The Morgan fingerprint density at radius 3 is 2.76 bits per heavy atom. The normalized spacial score (nSPS) is 10.7. The van der Waals surface area contributed by atoms with Gasteiger partial charge in [-0.3, -0.25) is 4.90 Å². The lowest BCUT2D eigenvalue weighted by Gasteiger charge is -2.21. The van der Waals surface area contributed by atoms with E-state index in [1.165, 1.54) is 4.88 Å². The van der Waals surface area contributed by atoms with E-state index in [0.29, 0.717) is 5.92 Å². The molecule has 0 bridgehead atoms. The smallest absolute Gasteiger partial charge is 0.104 e. The number of aliphatic hydroxyl groups is 1. The Hall–Kier alpha value is -0.820. The molecule has 1 N–H and O–H groups in total. The van der Waals surface area contributed by atoms with Crippen LogP contribution in [0.15, 0.2) is 12.1 Å². The van der Waals surface area contributed by atoms with Crippen LogP contribution in [0, 0.1) is 17.8 Å². The number of hydrogen-bond donors (Lipinski definition) is 1. The lowest BCUT2D eigenvalue weighted by Crippen LogP contribution is -2.26. The molecule has 0 saturated heterocycles. The molecule has 1 heterocycles. The fourth-order valence-electron chi connectivity index (χ4n) is 1.70. The molecule has 2 nitrogen and oxygen atoms in total. The van der Waals surface area contributed by atoms with Crippen molar-refractivity contribution in [3.8, 4) is 11.8 Å². The van der Waals surface area contributed by atoms with Crippen molar-refractivity contribution in [2.45, 2.75) is 27.3 Å². The monoisotopic (exact) mass is 251 g/mol. The van der Waals surface area contributed by atoms with Gasteiger partial charge in [0.15, 0.2) is 0 Å². The second-order valence-electron chi connectivity index (χ2n) is 4.45. The largest absolute Gasteiger partial charge is 0.384 e. The number of hydrogen-bond acceptors (Lipinski definition) is 3. The second-order valence-corrected chi connectivity index (χ2v) is 5.62. The third-order valence-electron chi connectivity index (χ3n) is 2.40. The molecule has 0 aliphatic carbocycles. The van der Waals surface area contributed by atoms with Crippen molar-refractivity contribution in [1.29, 1.82) is 0 Å². The summed E-state index contributed by atoms with van der Waals surface area (Å²) in [6.45, 7) is 9.83. The summed E-state index contributed by atoms with van der Waals surface area (Å²) in [6, 6.07) is 4.17. The molecule has 0 aliphatic heterocycles. The molecule has 0 unspecified atom stereocenters. The van der Waals surface area contributed by atoms with Gasteiger partial charge in [-0.15, -0.1) is 11.3 Å². The van der Waals surface area contributed by atoms with Gasteiger partial charge in [0, 0.05) is 18.0 Å². The summed E-state index contributed by atoms with van der Waals surface area (Å²) in [5, 5.41) is 8.64. The first-order valence-electron chi connectivity index (χ1n) is 6.06. The summed E-state index contributed by atoms with van der Waals surface area (Å²) in [5.41, 5.74) is 0. The van der Waals surface area contributed by atoms with Crippen LogP contribution in [-0.4, -0.2) is 29.7 Å². The van der Waals surface area contributed by atoms with E-state index < -0.39 is 0 Å². The Kier molecular flexibility index (Phi) is 6.28. The molecule has 0 aliphatic rings. The summed E-state index contributed by atoms with van der Waals surface area (Å²) >= 11 is 1.72. The molecule has 17 heavy (non-hydrogen) atoms. The molecule has 1 aromatic heterocycles. The first-order valence-corrected chi connectivity index (χ1v) is 6.88. The molecule has 0 saturated carbocycles. The van der Waals surface area contributed by atoms with Gasteiger partial charge in [-0.1, -0.05) is 32.6 Å². The highest BCUT2D eigenvalue weighted by molar-refractivity contribution is 7.12. The zero-order valence-electron chi connectivity index (χ0n) is 10.9. The number of thiophene rings is 1. The predicted octanol–water partition coefficient (Wildman–Crippen LogP) is 2.57. The minimum Gasteiger partial charge on any atom is -0.384 e. The highest BCUT2D eigenvalue weighted by atomic mass is 32.1. The van der Waals surface area contributed by atoms with Crippen molar-refractivity contribution in [2.24, 2.45) is 5.92 Å². The SMILES string of the molecule is CCN(Cc1ccc(C#CCO)s1)CC(C)C. The van der Waals surface area contributed by atoms with Crippen LogP contribution in [0.1, 0.15) is 30.5 Å². The maximum Gasteiger partial charge on any atom is 0.104 e. The van der Waals surface area contributed by atoms with E-state index in [2.05, 4.69) is 43.6 Å². The Bertz CT molecular complexity index is 386. The molecule has 3 heteroatoms. The van der Waals surface area contributed by atoms with Crippen molar-refractivity contribution in [1.82, 2.24) is 4.90 Å². The average Bonchev–Trinajstić information content (AvgIpc) is 2.72. The minimum absolute atomic E-state index is 0.0678. The number of nitrogens with zero attached hydrogens (tertiary/aromatic N) is 1. The van der Waals surface area contributed by atoms with Gasteiger partial charge in [0.1, 0.15) is 6.61 Å². The Labute approximate surface area is 108 Å². The number of rotatable bonds is 5. The fraction of sp³-hybridized carbons (Fsp3) is 0.571. The summed E-state index contributed by atoms with van der Waals surface area (Å²) in [6.07, 6.45) is 0. The van der Waals surface area contributed by atoms with E-state index in [9.17, 15) is 0 Å². The molecule has 0 spiro atoms. The fourth-order valence-corrected chi connectivity index (χ4v) is 2.62. The van der Waals surface area contributed by atoms with Crippen LogP contribution < -0.4 is 0 Å². The molecular formula is C14H21NOS. The van der Waals surface area contributed by atoms with Gasteiger partial charge in [-0.25, -0.2) is 0 Å². The van der Waals surface area contributed by atoms with Crippen molar-refractivity contribution in [2.75, 3.05) is 19.7 Å². The molecule has 1 aromatic rings. The van der Waals surface area contributed by atoms with Crippen LogP contribution in [0.5, 0.6) is 0 Å². The lowest BCUT2D eigenvalue weighted by molar-refractivity contribution is 0.250. The Morgan fingerprint density at radius 1 is 1.41 bits per heavy atom. The van der Waals surface area contributed by atoms with Crippen molar-refractivity contribution in [3.05, 3.63) is 21.9 Å². The third-order valence-corrected chi connectivity index (χ3v) is 3.39. The van der Waals surface area contributed by atoms with E-state index >= 15 is 0 Å². The molecule has 0 radical (unpaired) electrons. The van der Waals surface area contributed by atoms with Gasteiger partial charge in [-0.2, -0.15) is 0 Å². The molecule has 0 fully saturated rings. The van der Waals surface area contributed by atoms with E-state index in [1.54, 1.807) is 11.3 Å². The van der Waals surface area contributed by atoms with Crippen LogP contribution in [0.25, 0.3) is 0 Å². The zero-order valence-corrected chi connectivity index (χ0v) is 11.7. The topological polar surface area (TPSA) is 23.5 Å². The summed E-state index contributed by atoms with van der Waals surface area (Å²) in [7, 11) is 0. The van der Waals surface area contributed by atoms with Crippen molar-refractivity contribution >= 4 is 11.3 Å². The molecule has 0 atom stereocenters. The maximum absolute atomic E-state index is 8.64. The van der Waals surface area contributed by atoms with E-state index in [-0.39, 0.29) is 6.61 Å². The van der Waals surface area contributed by atoms with E-state index in [1.807, 2.05) is 6.07 Å². The molecule has 1 rings (SSSR count). The summed E-state index contributed by atoms with van der Waals surface area (Å²) < 4.78 is 0. The van der Waals surface area contributed by atoms with E-state index in [4.69, 9.17) is 5.11 Å². The van der Waals surface area contributed by atoms with Gasteiger partial charge in [0.2, 0.25) is 0 Å². The summed E-state index contributed by atoms with van der Waals surface area (Å²) in [5.74, 6) is 6.32. The maximum atomic E-state index is 8.64. The van der Waals surface area contributed by atoms with Crippen LogP contribution in [0.4, 0.5) is 0 Å². The van der Waals surface area contributed by atoms with Crippen LogP contribution in [0.3, 0.4) is 0 Å². The van der Waals surface area contributed by atoms with Gasteiger partial charge >= 0.3 is 0 Å². The molecule has 0 amide bonds.